The normalized spacial score (nSPS) is 18.7. The van der Waals surface area contributed by atoms with Crippen molar-refractivity contribution in [1.29, 1.82) is 0 Å². The molecular weight excluding hydrogens is 392 g/mol. The number of rotatable bonds is 7. The Morgan fingerprint density at radius 1 is 1.03 bits per heavy atom. The van der Waals surface area contributed by atoms with E-state index in [0.29, 0.717) is 23.3 Å². The lowest BCUT2D eigenvalue weighted by Gasteiger charge is -2.27. The number of ether oxygens (including phenoxy) is 1. The summed E-state index contributed by atoms with van der Waals surface area (Å²) in [5, 5.41) is 6.03. The largest absolute Gasteiger partial charge is 0.445 e. The molecule has 0 atom stereocenters. The molecule has 0 radical (unpaired) electrons. The first-order valence-corrected chi connectivity index (χ1v) is 10.2. The first kappa shape index (κ1) is 21.0. The lowest BCUT2D eigenvalue weighted by Crippen LogP contribution is -2.36. The molecule has 2 N–H and O–H groups in total. The van der Waals surface area contributed by atoms with Crippen molar-refractivity contribution in [3.63, 3.8) is 0 Å². The third-order valence-corrected chi connectivity index (χ3v) is 5.43. The molecule has 1 aromatic heterocycles. The molecule has 1 fully saturated rings. The molecule has 0 aliphatic heterocycles. The number of benzene rings is 1. The van der Waals surface area contributed by atoms with Gasteiger partial charge >= 0.3 is 6.09 Å². The minimum Gasteiger partial charge on any atom is -0.445 e. The van der Waals surface area contributed by atoms with Crippen molar-refractivity contribution in [2.45, 2.75) is 38.8 Å². The van der Waals surface area contributed by atoms with E-state index in [1.807, 2.05) is 30.3 Å². The van der Waals surface area contributed by atoms with Crippen molar-refractivity contribution in [2.24, 2.45) is 11.8 Å². The Bertz CT molecular complexity index is 811. The van der Waals surface area contributed by atoms with Crippen LogP contribution >= 0.6 is 11.6 Å². The second kappa shape index (κ2) is 10.8. The molecule has 2 aromatic rings. The van der Waals surface area contributed by atoms with E-state index in [1.165, 1.54) is 6.20 Å². The fraction of sp³-hybridized carbons (Fsp3) is 0.429. The molecule has 0 spiro atoms. The van der Waals surface area contributed by atoms with Gasteiger partial charge in [0.2, 0.25) is 5.91 Å². The van der Waals surface area contributed by atoms with E-state index in [2.05, 4.69) is 20.6 Å². The van der Waals surface area contributed by atoms with Gasteiger partial charge in [0.15, 0.2) is 5.15 Å². The molecule has 2 amide bonds. The molecule has 0 saturated heterocycles. The predicted octanol–water partition coefficient (Wildman–Crippen LogP) is 3.48. The van der Waals surface area contributed by atoms with Gasteiger partial charge in [0.05, 0.1) is 12.2 Å². The highest BCUT2D eigenvalue weighted by Gasteiger charge is 2.26. The summed E-state index contributed by atoms with van der Waals surface area (Å²) >= 11 is 5.96. The Balaban J connectivity index is 1.32. The lowest BCUT2D eigenvalue weighted by molar-refractivity contribution is -0.126. The first-order chi connectivity index (χ1) is 14.1. The smallest absolute Gasteiger partial charge is 0.407 e. The molecule has 0 unspecified atom stereocenters. The number of nitrogens with zero attached hydrogens (tertiary/aromatic N) is 2. The molecule has 1 heterocycles. The number of nitrogens with one attached hydrogen (secondary N) is 2. The van der Waals surface area contributed by atoms with E-state index in [4.69, 9.17) is 16.3 Å². The number of hydrogen-bond acceptors (Lipinski definition) is 5. The number of halogens is 1. The average molecular weight is 417 g/mol. The van der Waals surface area contributed by atoms with Gasteiger partial charge in [-0.1, -0.05) is 41.9 Å². The molecule has 154 valence electrons. The zero-order valence-corrected chi connectivity index (χ0v) is 16.9. The van der Waals surface area contributed by atoms with Gasteiger partial charge in [0.1, 0.15) is 6.61 Å². The molecule has 0 bridgehead atoms. The van der Waals surface area contributed by atoms with Crippen molar-refractivity contribution in [1.82, 2.24) is 20.6 Å². The van der Waals surface area contributed by atoms with Crippen LogP contribution in [-0.4, -0.2) is 28.5 Å². The van der Waals surface area contributed by atoms with Crippen LogP contribution in [0, 0.1) is 11.8 Å². The average Bonchev–Trinajstić information content (AvgIpc) is 2.76. The van der Waals surface area contributed by atoms with Crippen LogP contribution in [0.2, 0.25) is 5.15 Å². The predicted molar refractivity (Wildman–Crippen MR) is 109 cm³/mol. The van der Waals surface area contributed by atoms with Crippen LogP contribution in [0.3, 0.4) is 0 Å². The number of amides is 2. The maximum Gasteiger partial charge on any atom is 0.407 e. The van der Waals surface area contributed by atoms with Crippen molar-refractivity contribution in [3.8, 4) is 0 Å². The zero-order valence-electron chi connectivity index (χ0n) is 16.1. The molecule has 8 heteroatoms. The van der Waals surface area contributed by atoms with E-state index in [0.717, 1.165) is 31.2 Å². The zero-order chi connectivity index (χ0) is 20.5. The quantitative estimate of drug-likeness (QED) is 0.720. The highest BCUT2D eigenvalue weighted by Crippen LogP contribution is 2.28. The van der Waals surface area contributed by atoms with Crippen LogP contribution in [0.15, 0.2) is 42.7 Å². The summed E-state index contributed by atoms with van der Waals surface area (Å²) in [7, 11) is 0. The van der Waals surface area contributed by atoms with E-state index >= 15 is 0 Å². The minimum absolute atomic E-state index is 0.0143. The molecule has 29 heavy (non-hydrogen) atoms. The summed E-state index contributed by atoms with van der Waals surface area (Å²) in [5.41, 5.74) is 1.52. The second-order valence-electron chi connectivity index (χ2n) is 7.17. The SMILES string of the molecule is O=C(NCC1CCC(C(=O)NCc2nccnc2Cl)CC1)OCc1ccccc1. The van der Waals surface area contributed by atoms with E-state index in [-0.39, 0.29) is 25.0 Å². The Labute approximate surface area is 175 Å². The van der Waals surface area contributed by atoms with Crippen molar-refractivity contribution < 1.29 is 14.3 Å². The number of alkyl carbamates (subject to hydrolysis) is 1. The van der Waals surface area contributed by atoms with Gasteiger partial charge < -0.3 is 15.4 Å². The Kier molecular flexibility index (Phi) is 7.81. The monoisotopic (exact) mass is 416 g/mol. The fourth-order valence-corrected chi connectivity index (χ4v) is 3.59. The highest BCUT2D eigenvalue weighted by molar-refractivity contribution is 6.29. The van der Waals surface area contributed by atoms with Gasteiger partial charge in [0, 0.05) is 24.9 Å². The third-order valence-electron chi connectivity index (χ3n) is 5.12. The Morgan fingerprint density at radius 2 is 1.76 bits per heavy atom. The van der Waals surface area contributed by atoms with E-state index in [1.54, 1.807) is 6.20 Å². The van der Waals surface area contributed by atoms with Gasteiger partial charge in [-0.05, 0) is 37.2 Å². The van der Waals surface area contributed by atoms with Crippen LogP contribution in [0.4, 0.5) is 4.79 Å². The summed E-state index contributed by atoms with van der Waals surface area (Å²) in [6.45, 7) is 1.10. The molecule has 1 aromatic carbocycles. The minimum atomic E-state index is -0.408. The molecular formula is C21H25ClN4O3. The third kappa shape index (κ3) is 6.71. The topological polar surface area (TPSA) is 93.2 Å². The van der Waals surface area contributed by atoms with Crippen LogP contribution < -0.4 is 10.6 Å². The van der Waals surface area contributed by atoms with Gasteiger partial charge in [0.25, 0.3) is 0 Å². The summed E-state index contributed by atoms with van der Waals surface area (Å²) in [5.74, 6) is 0.352. The number of carbonyl (C=O) groups is 2. The lowest BCUT2D eigenvalue weighted by atomic mass is 9.81. The van der Waals surface area contributed by atoms with Crippen LogP contribution in [0.5, 0.6) is 0 Å². The first-order valence-electron chi connectivity index (χ1n) is 9.79. The maximum absolute atomic E-state index is 12.4. The standard InChI is InChI=1S/C21H25ClN4O3/c22-19-18(23-10-11-24-19)13-25-20(27)17-8-6-15(7-9-17)12-26-21(28)29-14-16-4-2-1-3-5-16/h1-5,10-11,15,17H,6-9,12-14H2,(H,25,27)(H,26,28). The molecule has 1 aliphatic carbocycles. The van der Waals surface area contributed by atoms with Crippen LogP contribution in [0.1, 0.15) is 36.9 Å². The molecule has 7 nitrogen and oxygen atoms in total. The second-order valence-corrected chi connectivity index (χ2v) is 7.53. The van der Waals surface area contributed by atoms with Gasteiger partial charge in [-0.3, -0.25) is 9.78 Å². The Hall–Kier alpha value is -2.67. The molecule has 1 aliphatic rings. The molecule has 3 rings (SSSR count). The van der Waals surface area contributed by atoms with Crippen LogP contribution in [-0.2, 0) is 22.7 Å². The van der Waals surface area contributed by atoms with E-state index in [9.17, 15) is 9.59 Å². The summed E-state index contributed by atoms with van der Waals surface area (Å²) in [6.07, 6.45) is 6.04. The number of hydrogen-bond donors (Lipinski definition) is 2. The maximum atomic E-state index is 12.4. The van der Waals surface area contributed by atoms with Crippen molar-refractivity contribution >= 4 is 23.6 Å². The molecule has 1 saturated carbocycles. The summed E-state index contributed by atoms with van der Waals surface area (Å²) < 4.78 is 5.23. The van der Waals surface area contributed by atoms with Gasteiger partial charge in [-0.15, -0.1) is 0 Å². The fourth-order valence-electron chi connectivity index (χ4n) is 3.41. The number of carbonyl (C=O) groups excluding carboxylic acids is 2. The summed E-state index contributed by atoms with van der Waals surface area (Å²) in [6, 6.07) is 9.57. The highest BCUT2D eigenvalue weighted by atomic mass is 35.5. The van der Waals surface area contributed by atoms with Crippen molar-refractivity contribution in [2.75, 3.05) is 6.54 Å². The summed E-state index contributed by atoms with van der Waals surface area (Å²) in [4.78, 5) is 32.3. The van der Waals surface area contributed by atoms with Gasteiger partial charge in [-0.25, -0.2) is 9.78 Å². The number of aromatic nitrogens is 2. The Morgan fingerprint density at radius 3 is 2.48 bits per heavy atom. The van der Waals surface area contributed by atoms with Crippen molar-refractivity contribution in [3.05, 3.63) is 59.1 Å². The van der Waals surface area contributed by atoms with Crippen LogP contribution in [0.25, 0.3) is 0 Å². The van der Waals surface area contributed by atoms with E-state index < -0.39 is 6.09 Å². The van der Waals surface area contributed by atoms with Gasteiger partial charge in [-0.2, -0.15) is 0 Å².